The molecule has 176 valence electrons. The van der Waals surface area contributed by atoms with Gasteiger partial charge in [-0.1, -0.05) is 61.5 Å². The molecular formula is C27H30N4O2S. The number of ether oxygens (including phenoxy) is 1. The van der Waals surface area contributed by atoms with Crippen LogP contribution in [0.1, 0.15) is 36.5 Å². The highest BCUT2D eigenvalue weighted by Crippen LogP contribution is 2.30. The van der Waals surface area contributed by atoms with E-state index in [1.807, 2.05) is 34.9 Å². The van der Waals surface area contributed by atoms with Crippen molar-refractivity contribution in [1.29, 1.82) is 0 Å². The largest absolute Gasteiger partial charge is 0.491 e. The third-order valence-electron chi connectivity index (χ3n) is 5.52. The minimum Gasteiger partial charge on any atom is -0.491 e. The Labute approximate surface area is 205 Å². The lowest BCUT2D eigenvalue weighted by Gasteiger charge is -2.17. The number of hydrogen-bond donors (Lipinski definition) is 1. The molecule has 0 radical (unpaired) electrons. The van der Waals surface area contributed by atoms with Crippen LogP contribution in [0.25, 0.3) is 17.1 Å². The van der Waals surface area contributed by atoms with Crippen molar-refractivity contribution in [2.24, 2.45) is 0 Å². The molecule has 0 aliphatic carbocycles. The lowest BCUT2D eigenvalue weighted by molar-refractivity contribution is 0.125. The number of aliphatic hydroxyl groups excluding tert-OH is 1. The average Bonchev–Trinajstić information content (AvgIpc) is 3.25. The van der Waals surface area contributed by atoms with Gasteiger partial charge in [-0.05, 0) is 55.2 Å². The average molecular weight is 475 g/mol. The molecule has 0 saturated heterocycles. The van der Waals surface area contributed by atoms with Gasteiger partial charge in [0.1, 0.15) is 12.4 Å². The summed E-state index contributed by atoms with van der Waals surface area (Å²) in [7, 11) is 0. The smallest absolute Gasteiger partial charge is 0.196 e. The number of aliphatic hydroxyl groups is 1. The predicted molar refractivity (Wildman–Crippen MR) is 137 cm³/mol. The molecule has 1 N–H and O–H groups in total. The molecule has 2 aromatic carbocycles. The molecule has 2 heterocycles. The van der Waals surface area contributed by atoms with Crippen LogP contribution in [0.5, 0.6) is 5.75 Å². The lowest BCUT2D eigenvalue weighted by Crippen LogP contribution is -2.21. The maximum Gasteiger partial charge on any atom is 0.196 e. The molecule has 4 aromatic rings. The van der Waals surface area contributed by atoms with Gasteiger partial charge in [0, 0.05) is 23.7 Å². The number of pyridine rings is 1. The van der Waals surface area contributed by atoms with Crippen LogP contribution in [0.4, 0.5) is 0 Å². The van der Waals surface area contributed by atoms with E-state index in [2.05, 4.69) is 67.1 Å². The summed E-state index contributed by atoms with van der Waals surface area (Å²) in [6.07, 6.45) is 2.87. The second-order valence-electron chi connectivity index (χ2n) is 8.64. The van der Waals surface area contributed by atoms with Crippen molar-refractivity contribution in [2.45, 2.75) is 44.9 Å². The van der Waals surface area contributed by atoms with E-state index in [1.165, 1.54) is 17.3 Å². The van der Waals surface area contributed by atoms with Gasteiger partial charge in [0.25, 0.3) is 0 Å². The van der Waals surface area contributed by atoms with Crippen molar-refractivity contribution in [3.63, 3.8) is 0 Å². The Bertz CT molecular complexity index is 1240. The van der Waals surface area contributed by atoms with E-state index >= 15 is 0 Å². The molecule has 4 rings (SSSR count). The maximum absolute atomic E-state index is 10.7. The van der Waals surface area contributed by atoms with Crippen LogP contribution in [0.15, 0.2) is 72.1 Å². The highest BCUT2D eigenvalue weighted by molar-refractivity contribution is 7.99. The Morgan fingerprint density at radius 1 is 1.03 bits per heavy atom. The van der Waals surface area contributed by atoms with Gasteiger partial charge in [0.05, 0.1) is 11.8 Å². The fourth-order valence-corrected chi connectivity index (χ4v) is 4.66. The molecule has 0 saturated carbocycles. The fraction of sp³-hybridized carbons (Fsp3) is 0.296. The highest BCUT2D eigenvalue weighted by Gasteiger charge is 2.19. The van der Waals surface area contributed by atoms with Crippen molar-refractivity contribution in [3.05, 3.63) is 83.7 Å². The number of hydrogen-bond acceptors (Lipinski definition) is 6. The standard InChI is InChI=1S/C27H30N4O2S/c1-18(2)23-9-5-6-10-25(23)33-16-22(32)17-34-27-30-29-26(21-8-7-13-28-15-21)31(27)24-12-11-19(3)14-20(24)4/h5-15,18,22,32H,16-17H2,1-4H3/t22-/m0/s1. The van der Waals surface area contributed by atoms with Crippen LogP contribution < -0.4 is 4.74 Å². The molecule has 34 heavy (non-hydrogen) atoms. The van der Waals surface area contributed by atoms with Crippen molar-refractivity contribution in [2.75, 3.05) is 12.4 Å². The summed E-state index contributed by atoms with van der Waals surface area (Å²) in [5, 5.41) is 20.3. The molecule has 0 amide bonds. The van der Waals surface area contributed by atoms with E-state index in [-0.39, 0.29) is 6.61 Å². The zero-order valence-corrected chi connectivity index (χ0v) is 20.8. The van der Waals surface area contributed by atoms with Crippen LogP contribution in [0, 0.1) is 13.8 Å². The van der Waals surface area contributed by atoms with Crippen LogP contribution in [-0.4, -0.2) is 43.3 Å². The summed E-state index contributed by atoms with van der Waals surface area (Å²) in [6.45, 7) is 8.64. The Morgan fingerprint density at radius 3 is 2.59 bits per heavy atom. The van der Waals surface area contributed by atoms with E-state index in [1.54, 1.807) is 12.4 Å². The molecule has 0 aliphatic rings. The molecule has 6 nitrogen and oxygen atoms in total. The number of para-hydroxylation sites is 1. The van der Waals surface area contributed by atoms with Crippen LogP contribution in [0.3, 0.4) is 0 Å². The molecule has 0 spiro atoms. The van der Waals surface area contributed by atoms with E-state index in [0.717, 1.165) is 34.0 Å². The molecular weight excluding hydrogens is 444 g/mol. The second kappa shape index (κ2) is 10.8. The normalized spacial score (nSPS) is 12.2. The first-order chi connectivity index (χ1) is 16.4. The highest BCUT2D eigenvalue weighted by atomic mass is 32.2. The predicted octanol–water partition coefficient (Wildman–Crippen LogP) is 5.60. The van der Waals surface area contributed by atoms with Gasteiger partial charge in [-0.3, -0.25) is 9.55 Å². The summed E-state index contributed by atoms with van der Waals surface area (Å²) < 4.78 is 8.00. The molecule has 0 bridgehead atoms. The molecule has 0 aliphatic heterocycles. The third kappa shape index (κ3) is 5.48. The van der Waals surface area contributed by atoms with Gasteiger partial charge in [-0.2, -0.15) is 0 Å². The topological polar surface area (TPSA) is 73.1 Å². The summed E-state index contributed by atoms with van der Waals surface area (Å²) in [5.74, 6) is 2.32. The van der Waals surface area contributed by atoms with Crippen molar-refractivity contribution in [1.82, 2.24) is 19.7 Å². The van der Waals surface area contributed by atoms with Gasteiger partial charge in [-0.15, -0.1) is 10.2 Å². The first-order valence-corrected chi connectivity index (χ1v) is 12.4. The third-order valence-corrected chi connectivity index (χ3v) is 6.60. The zero-order valence-electron chi connectivity index (χ0n) is 20.0. The van der Waals surface area contributed by atoms with Crippen LogP contribution in [-0.2, 0) is 0 Å². The number of nitrogens with zero attached hydrogens (tertiary/aromatic N) is 4. The lowest BCUT2D eigenvalue weighted by atomic mass is 10.0. The maximum atomic E-state index is 10.7. The molecule has 0 fully saturated rings. The fourth-order valence-electron chi connectivity index (χ4n) is 3.81. The Kier molecular flexibility index (Phi) is 7.65. The first kappa shape index (κ1) is 24.0. The summed E-state index contributed by atoms with van der Waals surface area (Å²) in [6, 6.07) is 18.1. The quantitative estimate of drug-likeness (QED) is 0.318. The van der Waals surface area contributed by atoms with Gasteiger partial charge in [0.15, 0.2) is 11.0 Å². The van der Waals surface area contributed by atoms with E-state index in [0.29, 0.717) is 16.8 Å². The van der Waals surface area contributed by atoms with E-state index < -0.39 is 6.10 Å². The number of aryl methyl sites for hydroxylation is 2. The number of aromatic nitrogens is 4. The van der Waals surface area contributed by atoms with Gasteiger partial charge >= 0.3 is 0 Å². The van der Waals surface area contributed by atoms with E-state index in [4.69, 9.17) is 4.74 Å². The summed E-state index contributed by atoms with van der Waals surface area (Å²) in [4.78, 5) is 4.24. The summed E-state index contributed by atoms with van der Waals surface area (Å²) >= 11 is 1.46. The van der Waals surface area contributed by atoms with E-state index in [9.17, 15) is 5.11 Å². The monoisotopic (exact) mass is 474 g/mol. The van der Waals surface area contributed by atoms with Gasteiger partial charge < -0.3 is 9.84 Å². The SMILES string of the molecule is Cc1ccc(-n2c(SC[C@@H](O)COc3ccccc3C(C)C)nnc2-c2cccnc2)c(C)c1. The summed E-state index contributed by atoms with van der Waals surface area (Å²) in [5.41, 5.74) is 5.35. The zero-order chi connectivity index (χ0) is 24.1. The Hall–Kier alpha value is -3.16. The van der Waals surface area contributed by atoms with Gasteiger partial charge in [-0.25, -0.2) is 0 Å². The number of thioether (sulfide) groups is 1. The Morgan fingerprint density at radius 2 is 1.85 bits per heavy atom. The van der Waals surface area contributed by atoms with Crippen molar-refractivity contribution < 1.29 is 9.84 Å². The molecule has 7 heteroatoms. The molecule has 1 atom stereocenters. The number of benzene rings is 2. The first-order valence-electron chi connectivity index (χ1n) is 11.4. The minimum absolute atomic E-state index is 0.212. The van der Waals surface area contributed by atoms with Crippen molar-refractivity contribution >= 4 is 11.8 Å². The molecule has 2 aromatic heterocycles. The van der Waals surface area contributed by atoms with Gasteiger partial charge in [0.2, 0.25) is 0 Å². The minimum atomic E-state index is -0.656. The Balaban J connectivity index is 1.54. The van der Waals surface area contributed by atoms with Crippen molar-refractivity contribution in [3.8, 4) is 22.8 Å². The number of rotatable bonds is 9. The van der Waals surface area contributed by atoms with Crippen LogP contribution >= 0.6 is 11.8 Å². The molecule has 0 unspecified atom stereocenters. The van der Waals surface area contributed by atoms with Crippen LogP contribution in [0.2, 0.25) is 0 Å². The second-order valence-corrected chi connectivity index (χ2v) is 9.63.